The smallest absolute Gasteiger partial charge is 0.0795 e. The topological polar surface area (TPSA) is 20.2 Å². The fourth-order valence-corrected chi connectivity index (χ4v) is 2.56. The number of fused-ring (bicyclic) bond motifs is 1. The van der Waals surface area contributed by atoms with Gasteiger partial charge in [-0.2, -0.15) is 0 Å². The van der Waals surface area contributed by atoms with Crippen LogP contribution < -0.4 is 0 Å². The van der Waals surface area contributed by atoms with E-state index in [1.807, 2.05) is 6.07 Å². The van der Waals surface area contributed by atoms with Gasteiger partial charge < -0.3 is 5.11 Å². The SMILES string of the molecule is CC(C)[C@@H]1CCc2ccccc2[C@@H](O)C1. The molecule has 15 heavy (non-hydrogen) atoms. The van der Waals surface area contributed by atoms with Crippen molar-refractivity contribution in [2.24, 2.45) is 11.8 Å². The molecule has 1 aromatic rings. The lowest BCUT2D eigenvalue weighted by atomic mass is 9.88. The molecule has 1 nitrogen and oxygen atoms in total. The second-order valence-corrected chi connectivity index (χ2v) is 4.99. The summed E-state index contributed by atoms with van der Waals surface area (Å²) in [6, 6.07) is 8.32. The molecule has 0 unspecified atom stereocenters. The van der Waals surface area contributed by atoms with Crippen LogP contribution in [0.5, 0.6) is 0 Å². The summed E-state index contributed by atoms with van der Waals surface area (Å²) in [4.78, 5) is 0. The molecule has 1 aromatic carbocycles. The van der Waals surface area contributed by atoms with Gasteiger partial charge in [0, 0.05) is 0 Å². The maximum absolute atomic E-state index is 10.2. The number of hydrogen-bond acceptors (Lipinski definition) is 1. The summed E-state index contributed by atoms with van der Waals surface area (Å²) in [5, 5.41) is 10.2. The summed E-state index contributed by atoms with van der Waals surface area (Å²) in [7, 11) is 0. The predicted molar refractivity (Wildman–Crippen MR) is 62.7 cm³/mol. The molecule has 1 aliphatic rings. The lowest BCUT2D eigenvalue weighted by Crippen LogP contribution is -2.11. The van der Waals surface area contributed by atoms with Crippen LogP contribution in [0, 0.1) is 11.8 Å². The van der Waals surface area contributed by atoms with E-state index in [-0.39, 0.29) is 6.10 Å². The van der Waals surface area contributed by atoms with E-state index >= 15 is 0 Å². The molecule has 0 saturated heterocycles. The highest BCUT2D eigenvalue weighted by Gasteiger charge is 2.24. The predicted octanol–water partition coefficient (Wildman–Crippen LogP) is 3.33. The second kappa shape index (κ2) is 4.36. The molecule has 0 saturated carbocycles. The number of hydrogen-bond donors (Lipinski definition) is 1. The molecule has 0 heterocycles. The van der Waals surface area contributed by atoms with E-state index in [9.17, 15) is 5.11 Å². The van der Waals surface area contributed by atoms with Gasteiger partial charge in [-0.05, 0) is 42.2 Å². The minimum atomic E-state index is -0.254. The van der Waals surface area contributed by atoms with Gasteiger partial charge in [-0.3, -0.25) is 0 Å². The Morgan fingerprint density at radius 3 is 2.73 bits per heavy atom. The summed E-state index contributed by atoms with van der Waals surface area (Å²) in [6.07, 6.45) is 3.01. The van der Waals surface area contributed by atoms with E-state index in [2.05, 4.69) is 32.0 Å². The van der Waals surface area contributed by atoms with Gasteiger partial charge in [0.25, 0.3) is 0 Å². The van der Waals surface area contributed by atoms with E-state index in [0.717, 1.165) is 18.4 Å². The summed E-state index contributed by atoms with van der Waals surface area (Å²) in [6.45, 7) is 4.51. The zero-order valence-corrected chi connectivity index (χ0v) is 9.61. The van der Waals surface area contributed by atoms with Crippen molar-refractivity contribution in [2.45, 2.75) is 39.2 Å². The van der Waals surface area contributed by atoms with Crippen LogP contribution in [0.15, 0.2) is 24.3 Å². The Morgan fingerprint density at radius 1 is 1.27 bits per heavy atom. The van der Waals surface area contributed by atoms with Crippen LogP contribution >= 0.6 is 0 Å². The molecule has 2 atom stereocenters. The van der Waals surface area contributed by atoms with Crippen LogP contribution in [0.1, 0.15) is 43.9 Å². The van der Waals surface area contributed by atoms with E-state index in [4.69, 9.17) is 0 Å². The lowest BCUT2D eigenvalue weighted by Gasteiger charge is -2.20. The molecule has 0 aliphatic heterocycles. The van der Waals surface area contributed by atoms with Crippen molar-refractivity contribution in [3.63, 3.8) is 0 Å². The highest BCUT2D eigenvalue weighted by atomic mass is 16.3. The Morgan fingerprint density at radius 2 is 2.00 bits per heavy atom. The minimum Gasteiger partial charge on any atom is -0.388 e. The van der Waals surface area contributed by atoms with Crippen LogP contribution in [0.25, 0.3) is 0 Å². The molecule has 0 bridgehead atoms. The Kier molecular flexibility index (Phi) is 3.11. The molecule has 0 radical (unpaired) electrons. The molecule has 1 heteroatoms. The van der Waals surface area contributed by atoms with Gasteiger partial charge in [-0.25, -0.2) is 0 Å². The highest BCUT2D eigenvalue weighted by Crippen LogP contribution is 2.34. The number of rotatable bonds is 1. The summed E-state index contributed by atoms with van der Waals surface area (Å²) >= 11 is 0. The van der Waals surface area contributed by atoms with Crippen molar-refractivity contribution in [1.82, 2.24) is 0 Å². The summed E-state index contributed by atoms with van der Waals surface area (Å²) < 4.78 is 0. The number of aryl methyl sites for hydroxylation is 1. The quantitative estimate of drug-likeness (QED) is 0.696. The van der Waals surface area contributed by atoms with Gasteiger partial charge in [-0.15, -0.1) is 0 Å². The zero-order valence-electron chi connectivity index (χ0n) is 9.61. The van der Waals surface area contributed by atoms with E-state index < -0.39 is 0 Å². The third kappa shape index (κ3) is 2.23. The monoisotopic (exact) mass is 204 g/mol. The Labute approximate surface area is 92.1 Å². The van der Waals surface area contributed by atoms with Gasteiger partial charge in [0.15, 0.2) is 0 Å². The average molecular weight is 204 g/mol. The Bertz CT molecular complexity index is 330. The average Bonchev–Trinajstić information content (AvgIpc) is 2.39. The van der Waals surface area contributed by atoms with Crippen molar-refractivity contribution in [2.75, 3.05) is 0 Å². The van der Waals surface area contributed by atoms with Gasteiger partial charge in [-0.1, -0.05) is 38.1 Å². The van der Waals surface area contributed by atoms with E-state index in [1.165, 1.54) is 12.0 Å². The van der Waals surface area contributed by atoms with Crippen LogP contribution in [0.3, 0.4) is 0 Å². The Balaban J connectivity index is 2.24. The summed E-state index contributed by atoms with van der Waals surface area (Å²) in [5.41, 5.74) is 2.49. The molecule has 0 spiro atoms. The van der Waals surface area contributed by atoms with Crippen molar-refractivity contribution in [3.8, 4) is 0 Å². The first-order chi connectivity index (χ1) is 7.18. The first kappa shape index (κ1) is 10.7. The van der Waals surface area contributed by atoms with Crippen molar-refractivity contribution in [1.29, 1.82) is 0 Å². The van der Waals surface area contributed by atoms with Crippen LogP contribution in [0.2, 0.25) is 0 Å². The van der Waals surface area contributed by atoms with Crippen molar-refractivity contribution >= 4 is 0 Å². The molecule has 0 aromatic heterocycles. The second-order valence-electron chi connectivity index (χ2n) is 4.99. The third-order valence-corrected chi connectivity index (χ3v) is 3.67. The fraction of sp³-hybridized carbons (Fsp3) is 0.571. The molecule has 2 rings (SSSR count). The molecule has 0 amide bonds. The molecular weight excluding hydrogens is 184 g/mol. The largest absolute Gasteiger partial charge is 0.388 e. The lowest BCUT2D eigenvalue weighted by molar-refractivity contribution is 0.132. The first-order valence-corrected chi connectivity index (χ1v) is 5.94. The fourth-order valence-electron chi connectivity index (χ4n) is 2.56. The maximum atomic E-state index is 10.2. The normalized spacial score (nSPS) is 26.1. The van der Waals surface area contributed by atoms with Crippen molar-refractivity contribution in [3.05, 3.63) is 35.4 Å². The number of benzene rings is 1. The van der Waals surface area contributed by atoms with Crippen molar-refractivity contribution < 1.29 is 5.11 Å². The number of aliphatic hydroxyl groups is 1. The standard InChI is InChI=1S/C14H20O/c1-10(2)12-8-7-11-5-3-4-6-13(11)14(15)9-12/h3-6,10,12,14-15H,7-9H2,1-2H3/t12-,14+/m1/s1. The van der Waals surface area contributed by atoms with Gasteiger partial charge >= 0.3 is 0 Å². The molecule has 82 valence electrons. The van der Waals surface area contributed by atoms with Gasteiger partial charge in [0.1, 0.15) is 0 Å². The van der Waals surface area contributed by atoms with Crippen LogP contribution in [-0.2, 0) is 6.42 Å². The number of aliphatic hydroxyl groups excluding tert-OH is 1. The zero-order chi connectivity index (χ0) is 10.8. The van der Waals surface area contributed by atoms with Gasteiger partial charge in [0.05, 0.1) is 6.10 Å². The molecule has 1 aliphatic carbocycles. The Hall–Kier alpha value is -0.820. The van der Waals surface area contributed by atoms with Gasteiger partial charge in [0.2, 0.25) is 0 Å². The molecule has 1 N–H and O–H groups in total. The maximum Gasteiger partial charge on any atom is 0.0795 e. The third-order valence-electron chi connectivity index (χ3n) is 3.67. The molecule has 0 fully saturated rings. The van der Waals surface area contributed by atoms with Crippen LogP contribution in [0.4, 0.5) is 0 Å². The first-order valence-electron chi connectivity index (χ1n) is 5.94. The minimum absolute atomic E-state index is 0.254. The molecular formula is C14H20O. The summed E-state index contributed by atoms with van der Waals surface area (Å²) in [5.74, 6) is 1.33. The van der Waals surface area contributed by atoms with Crippen LogP contribution in [-0.4, -0.2) is 5.11 Å². The van der Waals surface area contributed by atoms with E-state index in [0.29, 0.717) is 11.8 Å². The van der Waals surface area contributed by atoms with E-state index in [1.54, 1.807) is 0 Å². The highest BCUT2D eigenvalue weighted by molar-refractivity contribution is 5.30.